The number of aliphatic carboxylic acids is 2. The Hall–Kier alpha value is -3.83. The molecule has 3 N–H and O–H groups in total. The molecule has 1 aromatic carbocycles. The van der Waals surface area contributed by atoms with Gasteiger partial charge in [-0.05, 0) is 42.9 Å². The number of nitrogens with zero attached hydrogens (tertiary/aromatic N) is 2. The van der Waals surface area contributed by atoms with Gasteiger partial charge in [0.05, 0.1) is 5.69 Å². The minimum absolute atomic E-state index is 0.0871. The number of hydrogen-bond donors (Lipinski definition) is 3. The SMILES string of the molecule is O=C(O)/C=C/C(=O)O.[2H]C([2H])([2H])NC([2H])([2H])c1cc(-c2ccccc2F)n(S(=O)(=O)c2cccnc2)c1. The van der Waals surface area contributed by atoms with E-state index in [0.717, 1.165) is 28.5 Å². The number of pyridine rings is 1. The molecule has 0 aliphatic rings. The summed E-state index contributed by atoms with van der Waals surface area (Å²) < 4.78 is 79.1. The fourth-order valence-electron chi connectivity index (χ4n) is 2.40. The highest BCUT2D eigenvalue weighted by Gasteiger charge is 2.23. The van der Waals surface area contributed by atoms with Gasteiger partial charge in [-0.1, -0.05) is 12.1 Å². The predicted molar refractivity (Wildman–Crippen MR) is 114 cm³/mol. The summed E-state index contributed by atoms with van der Waals surface area (Å²) in [6, 6.07) is 9.22. The van der Waals surface area contributed by atoms with E-state index in [1.165, 1.54) is 36.5 Å². The number of nitrogens with one attached hydrogen (secondary N) is 1. The van der Waals surface area contributed by atoms with Crippen LogP contribution in [0.15, 0.2) is 78.1 Å². The smallest absolute Gasteiger partial charge is 0.328 e. The molecule has 11 heteroatoms. The maximum Gasteiger partial charge on any atom is 0.328 e. The lowest BCUT2D eigenvalue weighted by Gasteiger charge is -2.10. The summed E-state index contributed by atoms with van der Waals surface area (Å²) in [4.78, 5) is 22.7. The van der Waals surface area contributed by atoms with E-state index in [9.17, 15) is 22.4 Å². The molecule has 0 bridgehead atoms. The van der Waals surface area contributed by atoms with E-state index >= 15 is 0 Å². The summed E-state index contributed by atoms with van der Waals surface area (Å²) in [5, 5.41) is 17.5. The van der Waals surface area contributed by atoms with Crippen molar-refractivity contribution in [1.29, 1.82) is 0 Å². The van der Waals surface area contributed by atoms with Crippen LogP contribution < -0.4 is 5.32 Å². The first-order chi connectivity index (χ1) is 17.0. The van der Waals surface area contributed by atoms with Gasteiger partial charge in [-0.2, -0.15) is 0 Å². The zero-order valence-electron chi connectivity index (χ0n) is 21.1. The Bertz CT molecular complexity index is 1390. The minimum Gasteiger partial charge on any atom is -0.478 e. The van der Waals surface area contributed by atoms with Gasteiger partial charge in [0.25, 0.3) is 10.0 Å². The van der Waals surface area contributed by atoms with Gasteiger partial charge in [-0.25, -0.2) is 26.4 Å². The zero-order chi connectivity index (χ0) is 28.0. The van der Waals surface area contributed by atoms with Gasteiger partial charge in [0.1, 0.15) is 10.7 Å². The van der Waals surface area contributed by atoms with Crippen LogP contribution >= 0.6 is 0 Å². The van der Waals surface area contributed by atoms with Crippen LogP contribution in [0.25, 0.3) is 11.3 Å². The van der Waals surface area contributed by atoms with Crippen molar-refractivity contribution in [3.05, 3.63) is 84.6 Å². The van der Waals surface area contributed by atoms with Gasteiger partial charge < -0.3 is 15.5 Å². The van der Waals surface area contributed by atoms with Crippen LogP contribution in [0.5, 0.6) is 0 Å². The Kier molecular flexibility index (Phi) is 6.11. The molecule has 0 saturated heterocycles. The van der Waals surface area contributed by atoms with E-state index in [1.807, 2.05) is 5.32 Å². The third kappa shape index (κ3) is 6.33. The van der Waals surface area contributed by atoms with Crippen molar-refractivity contribution in [3.63, 3.8) is 0 Å². The lowest BCUT2D eigenvalue weighted by atomic mass is 10.1. The average Bonchev–Trinajstić information content (AvgIpc) is 3.25. The highest BCUT2D eigenvalue weighted by molar-refractivity contribution is 7.90. The molecule has 0 saturated carbocycles. The van der Waals surface area contributed by atoms with Gasteiger partial charge in [0.15, 0.2) is 0 Å². The maximum absolute atomic E-state index is 14.4. The van der Waals surface area contributed by atoms with Crippen molar-refractivity contribution in [2.24, 2.45) is 0 Å². The van der Waals surface area contributed by atoms with E-state index in [-0.39, 0.29) is 21.7 Å². The van der Waals surface area contributed by atoms with Crippen molar-refractivity contribution >= 4 is 22.0 Å². The van der Waals surface area contributed by atoms with Gasteiger partial charge in [-0.3, -0.25) is 4.98 Å². The van der Waals surface area contributed by atoms with Gasteiger partial charge in [0.2, 0.25) is 0 Å². The number of halogens is 1. The number of rotatable bonds is 7. The highest BCUT2D eigenvalue weighted by atomic mass is 32.2. The minimum atomic E-state index is -4.27. The Morgan fingerprint density at radius 3 is 2.47 bits per heavy atom. The Balaban J connectivity index is 0.000000521. The van der Waals surface area contributed by atoms with Crippen LogP contribution in [0, 0.1) is 5.82 Å². The lowest BCUT2D eigenvalue weighted by Crippen LogP contribution is -2.14. The molecule has 0 radical (unpaired) electrons. The molecule has 0 spiro atoms. The maximum atomic E-state index is 14.4. The van der Waals surface area contributed by atoms with Crippen molar-refractivity contribution in [3.8, 4) is 11.3 Å². The first-order valence-corrected chi connectivity index (χ1v) is 10.1. The fourth-order valence-corrected chi connectivity index (χ4v) is 3.74. The summed E-state index contributed by atoms with van der Waals surface area (Å²) in [7, 11) is -4.27. The summed E-state index contributed by atoms with van der Waals surface area (Å²) in [5.74, 6) is -3.23. The summed E-state index contributed by atoms with van der Waals surface area (Å²) in [6.45, 7) is -5.44. The second-order valence-corrected chi connectivity index (χ2v) is 7.66. The van der Waals surface area contributed by atoms with E-state index in [2.05, 4.69) is 4.98 Å². The van der Waals surface area contributed by atoms with Crippen LogP contribution in [-0.4, -0.2) is 46.5 Å². The predicted octanol–water partition coefficient (Wildman–Crippen LogP) is 2.36. The number of carboxylic acid groups (broad SMARTS) is 2. The Labute approximate surface area is 190 Å². The Morgan fingerprint density at radius 2 is 1.91 bits per heavy atom. The first kappa shape index (κ1) is 17.8. The standard InChI is InChI=1S/C17H16FN3O2S.C4H4O4/c1-19-10-13-9-17(15-6-2-3-7-16(15)18)21(12-13)24(22,23)14-5-4-8-20-11-14;5-3(6)1-2-4(7)8/h2-9,11-12,19H,10H2,1H3;1-2H,(H,5,6)(H,7,8)/b;2-1+/i1D3,10D2;. The van der Waals surface area contributed by atoms with Gasteiger partial charge >= 0.3 is 11.9 Å². The second kappa shape index (κ2) is 11.0. The largest absolute Gasteiger partial charge is 0.478 e. The second-order valence-electron chi connectivity index (χ2n) is 5.84. The highest BCUT2D eigenvalue weighted by Crippen LogP contribution is 2.28. The zero-order valence-corrected chi connectivity index (χ0v) is 17.0. The molecule has 32 heavy (non-hydrogen) atoms. The number of carbonyl (C=O) groups is 2. The number of aromatic nitrogens is 2. The molecule has 0 amide bonds. The number of hydrogen-bond acceptors (Lipinski definition) is 6. The molecule has 3 rings (SSSR count). The monoisotopic (exact) mass is 466 g/mol. The summed E-state index contributed by atoms with van der Waals surface area (Å²) >= 11 is 0. The third-order valence-corrected chi connectivity index (χ3v) is 5.36. The molecule has 0 unspecified atom stereocenters. The van der Waals surface area contributed by atoms with Gasteiger partial charge in [-0.15, -0.1) is 0 Å². The van der Waals surface area contributed by atoms with Crippen molar-refractivity contribution in [2.75, 3.05) is 6.98 Å². The molecule has 0 aliphatic heterocycles. The molecule has 0 aliphatic carbocycles. The number of benzene rings is 1. The fraction of sp³-hybridized carbons (Fsp3) is 0.0952. The van der Waals surface area contributed by atoms with Crippen molar-refractivity contribution in [1.82, 2.24) is 14.3 Å². The molecule has 2 aromatic heterocycles. The van der Waals surface area contributed by atoms with E-state index < -0.39 is 41.3 Å². The average molecular weight is 467 g/mol. The van der Waals surface area contributed by atoms with Crippen LogP contribution in [0.3, 0.4) is 0 Å². The van der Waals surface area contributed by atoms with Crippen LogP contribution in [0.2, 0.25) is 0 Å². The first-order valence-electron chi connectivity index (χ1n) is 11.1. The molecule has 9 nitrogen and oxygen atoms in total. The third-order valence-electron chi connectivity index (χ3n) is 3.70. The van der Waals surface area contributed by atoms with Crippen LogP contribution in [0.4, 0.5) is 4.39 Å². The quantitative estimate of drug-likeness (QED) is 0.451. The van der Waals surface area contributed by atoms with E-state index in [0.29, 0.717) is 12.2 Å². The lowest BCUT2D eigenvalue weighted by molar-refractivity contribution is -0.134. The van der Waals surface area contributed by atoms with E-state index in [1.54, 1.807) is 0 Å². The normalized spacial score (nSPS) is 14.2. The summed E-state index contributed by atoms with van der Waals surface area (Å²) in [5.41, 5.74) is -0.534. The van der Waals surface area contributed by atoms with Crippen LogP contribution in [-0.2, 0) is 26.1 Å². The molecule has 168 valence electrons. The van der Waals surface area contributed by atoms with Crippen molar-refractivity contribution < 1.29 is 39.5 Å². The number of carboxylic acids is 2. The molecular weight excluding hydrogens is 441 g/mol. The molecule has 2 heterocycles. The topological polar surface area (TPSA) is 139 Å². The molecular formula is C21H20FN3O6S. The van der Waals surface area contributed by atoms with Crippen molar-refractivity contribution in [2.45, 2.75) is 11.4 Å². The summed E-state index contributed by atoms with van der Waals surface area (Å²) in [6.07, 6.45) is 4.54. The molecule has 0 fully saturated rings. The van der Waals surface area contributed by atoms with E-state index in [4.69, 9.17) is 17.1 Å². The Morgan fingerprint density at radius 1 is 1.22 bits per heavy atom. The molecule has 3 aromatic rings. The van der Waals surface area contributed by atoms with Gasteiger partial charge in [0, 0.05) is 49.7 Å². The van der Waals surface area contributed by atoms with Crippen LogP contribution in [0.1, 0.15) is 12.4 Å². The molecule has 0 atom stereocenters.